The highest BCUT2D eigenvalue weighted by Crippen LogP contribution is 2.23. The number of ether oxygens (including phenoxy) is 1. The minimum atomic E-state index is -1.49. The molecular weight excluding hydrogens is 265 g/mol. The molecular formula is C14H18FNO4. The fourth-order valence-electron chi connectivity index (χ4n) is 1.76. The average molecular weight is 283 g/mol. The predicted molar refractivity (Wildman–Crippen MR) is 71.6 cm³/mol. The summed E-state index contributed by atoms with van der Waals surface area (Å²) < 4.78 is 17.5. The monoisotopic (exact) mass is 283 g/mol. The molecule has 2 N–H and O–H groups in total. The molecule has 0 spiro atoms. The number of aliphatic carboxylic acids is 1. The zero-order valence-corrected chi connectivity index (χ0v) is 11.4. The van der Waals surface area contributed by atoms with Crippen molar-refractivity contribution in [1.82, 2.24) is 5.32 Å². The second-order valence-corrected chi connectivity index (χ2v) is 4.49. The molecule has 2 unspecified atom stereocenters. The van der Waals surface area contributed by atoms with E-state index in [1.165, 1.54) is 0 Å². The molecule has 0 aliphatic carbocycles. The highest BCUT2D eigenvalue weighted by molar-refractivity contribution is 5.84. The maximum Gasteiger partial charge on any atom is 0.328 e. The Morgan fingerprint density at radius 1 is 1.45 bits per heavy atom. The van der Waals surface area contributed by atoms with Gasteiger partial charge in [0.2, 0.25) is 5.91 Å². The van der Waals surface area contributed by atoms with E-state index >= 15 is 0 Å². The lowest BCUT2D eigenvalue weighted by Gasteiger charge is -2.15. The lowest BCUT2D eigenvalue weighted by Crippen LogP contribution is -2.42. The number of benzene rings is 1. The second-order valence-electron chi connectivity index (χ2n) is 4.49. The molecule has 0 aromatic heterocycles. The third-order valence-electron chi connectivity index (χ3n) is 2.94. The van der Waals surface area contributed by atoms with Crippen LogP contribution in [0.1, 0.15) is 24.8 Å². The summed E-state index contributed by atoms with van der Waals surface area (Å²) in [4.78, 5) is 22.3. The first kappa shape index (κ1) is 15.9. The van der Waals surface area contributed by atoms with Gasteiger partial charge in [-0.25, -0.2) is 9.18 Å². The zero-order chi connectivity index (χ0) is 15.1. The summed E-state index contributed by atoms with van der Waals surface area (Å²) in [6.07, 6.45) is 0.0803. The normalized spacial score (nSPS) is 13.3. The molecule has 110 valence electrons. The van der Waals surface area contributed by atoms with E-state index in [4.69, 9.17) is 9.84 Å². The number of carboxylic acids is 1. The van der Waals surface area contributed by atoms with E-state index in [0.717, 1.165) is 5.56 Å². The van der Waals surface area contributed by atoms with Gasteiger partial charge in [-0.2, -0.15) is 0 Å². The summed E-state index contributed by atoms with van der Waals surface area (Å²) in [6, 6.07) is 5.77. The fourth-order valence-corrected chi connectivity index (χ4v) is 1.76. The molecule has 0 bridgehead atoms. The molecule has 1 aromatic rings. The van der Waals surface area contributed by atoms with E-state index in [1.807, 2.05) is 25.1 Å². The van der Waals surface area contributed by atoms with Crippen molar-refractivity contribution in [3.63, 3.8) is 0 Å². The molecule has 1 rings (SSSR count). The van der Waals surface area contributed by atoms with Crippen molar-refractivity contribution in [3.8, 4) is 5.75 Å². The first-order valence-corrected chi connectivity index (χ1v) is 6.20. The number of hydrogen-bond donors (Lipinski definition) is 2. The van der Waals surface area contributed by atoms with E-state index in [-0.39, 0.29) is 12.3 Å². The Balaban J connectivity index is 2.62. The van der Waals surface area contributed by atoms with E-state index < -0.39 is 24.6 Å². The van der Waals surface area contributed by atoms with Gasteiger partial charge in [-0.1, -0.05) is 19.1 Å². The van der Waals surface area contributed by atoms with Crippen LogP contribution in [0.2, 0.25) is 0 Å². The molecule has 0 fully saturated rings. The van der Waals surface area contributed by atoms with Gasteiger partial charge in [-0.15, -0.1) is 0 Å². The SMILES string of the molecule is COc1cccc(C(C)CC(=O)NC(CF)C(=O)O)c1. The minimum Gasteiger partial charge on any atom is -0.497 e. The first-order chi connectivity index (χ1) is 9.47. The molecule has 20 heavy (non-hydrogen) atoms. The van der Waals surface area contributed by atoms with Gasteiger partial charge < -0.3 is 15.2 Å². The van der Waals surface area contributed by atoms with Crippen molar-refractivity contribution in [1.29, 1.82) is 0 Å². The van der Waals surface area contributed by atoms with Crippen molar-refractivity contribution < 1.29 is 23.8 Å². The number of carboxylic acid groups (broad SMARTS) is 1. The van der Waals surface area contributed by atoms with Crippen LogP contribution in [0.5, 0.6) is 5.75 Å². The van der Waals surface area contributed by atoms with Crippen molar-refractivity contribution in [2.75, 3.05) is 13.8 Å². The van der Waals surface area contributed by atoms with Crippen molar-refractivity contribution in [2.45, 2.75) is 25.3 Å². The molecule has 6 heteroatoms. The topological polar surface area (TPSA) is 75.6 Å². The molecule has 0 saturated carbocycles. The molecule has 2 atom stereocenters. The molecule has 5 nitrogen and oxygen atoms in total. The van der Waals surface area contributed by atoms with Crippen molar-refractivity contribution >= 4 is 11.9 Å². The Hall–Kier alpha value is -2.11. The molecule has 0 aliphatic heterocycles. The molecule has 0 saturated heterocycles. The summed E-state index contributed by atoms with van der Waals surface area (Å²) in [5.74, 6) is -1.32. The third-order valence-corrected chi connectivity index (χ3v) is 2.94. The third kappa shape index (κ3) is 4.53. The highest BCUT2D eigenvalue weighted by atomic mass is 19.1. The number of alkyl halides is 1. The van der Waals surface area contributed by atoms with Crippen LogP contribution in [0.3, 0.4) is 0 Å². The molecule has 1 amide bonds. The maximum absolute atomic E-state index is 12.4. The van der Waals surface area contributed by atoms with Gasteiger partial charge >= 0.3 is 5.97 Å². The quantitative estimate of drug-likeness (QED) is 0.799. The summed E-state index contributed by atoms with van der Waals surface area (Å²) in [5.41, 5.74) is 0.895. The summed E-state index contributed by atoms with van der Waals surface area (Å²) in [5, 5.41) is 10.8. The smallest absolute Gasteiger partial charge is 0.328 e. The Morgan fingerprint density at radius 3 is 2.70 bits per heavy atom. The van der Waals surface area contributed by atoms with Crippen LogP contribution < -0.4 is 10.1 Å². The van der Waals surface area contributed by atoms with Crippen LogP contribution in [0.4, 0.5) is 4.39 Å². The van der Waals surface area contributed by atoms with Crippen LogP contribution >= 0.6 is 0 Å². The number of methoxy groups -OCH3 is 1. The van der Waals surface area contributed by atoms with Gasteiger partial charge in [0, 0.05) is 6.42 Å². The van der Waals surface area contributed by atoms with Gasteiger partial charge in [0.15, 0.2) is 6.04 Å². The maximum atomic E-state index is 12.4. The van der Waals surface area contributed by atoms with Gasteiger partial charge in [-0.05, 0) is 23.6 Å². The lowest BCUT2D eigenvalue weighted by molar-refractivity contribution is -0.142. The second kappa shape index (κ2) is 7.47. The Labute approximate surface area is 116 Å². The van der Waals surface area contributed by atoms with E-state index in [1.54, 1.807) is 13.2 Å². The van der Waals surface area contributed by atoms with Crippen LogP contribution in [-0.4, -0.2) is 36.8 Å². The van der Waals surface area contributed by atoms with Crippen LogP contribution in [0, 0.1) is 0 Å². The first-order valence-electron chi connectivity index (χ1n) is 6.20. The zero-order valence-electron chi connectivity index (χ0n) is 11.4. The predicted octanol–water partition coefficient (Wildman–Crippen LogP) is 1.73. The Morgan fingerprint density at radius 2 is 2.15 bits per heavy atom. The minimum absolute atomic E-state index is 0.0803. The van der Waals surface area contributed by atoms with Crippen LogP contribution in [0.15, 0.2) is 24.3 Å². The Bertz CT molecular complexity index is 478. The number of rotatable bonds is 7. The van der Waals surface area contributed by atoms with Crippen molar-refractivity contribution in [2.24, 2.45) is 0 Å². The van der Waals surface area contributed by atoms with Crippen molar-refractivity contribution in [3.05, 3.63) is 29.8 Å². The van der Waals surface area contributed by atoms with E-state index in [2.05, 4.69) is 5.32 Å². The van der Waals surface area contributed by atoms with E-state index in [0.29, 0.717) is 5.75 Å². The standard InChI is InChI=1S/C14H18FNO4/c1-9(10-4-3-5-11(7-10)20-2)6-13(17)16-12(8-15)14(18)19/h3-5,7,9,12H,6,8H2,1-2H3,(H,16,17)(H,18,19). The molecule has 1 aromatic carbocycles. The van der Waals surface area contributed by atoms with Gasteiger partial charge in [0.1, 0.15) is 12.4 Å². The van der Waals surface area contributed by atoms with E-state index in [9.17, 15) is 14.0 Å². The summed E-state index contributed by atoms with van der Waals surface area (Å²) in [7, 11) is 1.55. The van der Waals surface area contributed by atoms with Gasteiger partial charge in [0.05, 0.1) is 7.11 Å². The number of halogens is 1. The molecule has 0 heterocycles. The number of carbonyl (C=O) groups is 2. The van der Waals surface area contributed by atoms with Crippen LogP contribution in [0.25, 0.3) is 0 Å². The molecule has 0 radical (unpaired) electrons. The highest BCUT2D eigenvalue weighted by Gasteiger charge is 2.21. The number of carbonyl (C=O) groups excluding carboxylic acids is 1. The average Bonchev–Trinajstić information content (AvgIpc) is 2.44. The summed E-state index contributed by atoms with van der Waals surface area (Å²) in [6.45, 7) is 0.703. The molecule has 0 aliphatic rings. The lowest BCUT2D eigenvalue weighted by atomic mass is 9.97. The number of amides is 1. The van der Waals surface area contributed by atoms with Gasteiger partial charge in [-0.3, -0.25) is 4.79 Å². The fraction of sp³-hybridized carbons (Fsp3) is 0.429. The number of hydrogen-bond acceptors (Lipinski definition) is 3. The van der Waals surface area contributed by atoms with Crippen LogP contribution in [-0.2, 0) is 9.59 Å². The summed E-state index contributed by atoms with van der Waals surface area (Å²) >= 11 is 0. The van der Waals surface area contributed by atoms with Gasteiger partial charge in [0.25, 0.3) is 0 Å². The number of nitrogens with one attached hydrogen (secondary N) is 1. The largest absolute Gasteiger partial charge is 0.497 e. The Kier molecular flexibility index (Phi) is 5.96.